The molecule has 4 N–H and O–H groups in total. The first kappa shape index (κ1) is 24.8. The first-order chi connectivity index (χ1) is 16.8. The molecule has 1 amide bonds. The molecule has 0 unspecified atom stereocenters. The molecule has 1 aromatic carbocycles. The van der Waals surface area contributed by atoms with Gasteiger partial charge in [-0.1, -0.05) is 0 Å². The summed E-state index contributed by atoms with van der Waals surface area (Å²) in [7, 11) is -0.373. The molecule has 1 aliphatic rings. The Kier molecular flexibility index (Phi) is 7.80. The van der Waals surface area contributed by atoms with E-state index >= 15 is 0 Å². The molecule has 0 bridgehead atoms. The van der Waals surface area contributed by atoms with Crippen LogP contribution in [0.2, 0.25) is 0 Å². The summed E-state index contributed by atoms with van der Waals surface area (Å²) >= 11 is 0. The standard InChI is InChI=1S/C23H28N5O6P/c1-34-20-12-16-13-24-28(14-19(30)25-17-2-4-18(29)5-3-17)23(31)21(16)22(26-20)27-9-6-15(7-10-27)8-11-35(32)33/h2-5,12-13,15,29,32-33H,6-11,14H2,1H3,(H,25,30). The highest BCUT2D eigenvalue weighted by Gasteiger charge is 2.24. The number of rotatable bonds is 8. The zero-order valence-electron chi connectivity index (χ0n) is 19.3. The Hall–Kier alpha value is -3.27. The van der Waals surface area contributed by atoms with E-state index in [1.165, 1.54) is 25.4 Å². The van der Waals surface area contributed by atoms with Crippen LogP contribution in [0.15, 0.2) is 41.3 Å². The molecule has 2 aromatic heterocycles. The van der Waals surface area contributed by atoms with Crippen molar-refractivity contribution in [3.63, 3.8) is 0 Å². The largest absolute Gasteiger partial charge is 0.508 e. The minimum atomic E-state index is -1.88. The summed E-state index contributed by atoms with van der Waals surface area (Å²) in [5.74, 6) is 0.895. The van der Waals surface area contributed by atoms with E-state index in [0.717, 1.165) is 23.9 Å². The molecular weight excluding hydrogens is 473 g/mol. The normalized spacial score (nSPS) is 14.5. The van der Waals surface area contributed by atoms with Crippen molar-refractivity contribution in [3.8, 4) is 11.6 Å². The second-order valence-electron chi connectivity index (χ2n) is 8.47. The first-order valence-electron chi connectivity index (χ1n) is 11.3. The van der Waals surface area contributed by atoms with Crippen molar-refractivity contribution < 1.29 is 24.4 Å². The number of nitrogens with one attached hydrogen (secondary N) is 1. The van der Waals surface area contributed by atoms with Crippen LogP contribution in [0.3, 0.4) is 0 Å². The molecule has 1 saturated heterocycles. The lowest BCUT2D eigenvalue weighted by Gasteiger charge is -2.33. The number of benzene rings is 1. The molecular formula is C23H28N5O6P. The Balaban J connectivity index is 1.58. The molecule has 1 fully saturated rings. The fourth-order valence-electron chi connectivity index (χ4n) is 4.22. The van der Waals surface area contributed by atoms with E-state index in [1.54, 1.807) is 18.2 Å². The lowest BCUT2D eigenvalue weighted by Crippen LogP contribution is -2.36. The second-order valence-corrected chi connectivity index (χ2v) is 9.66. The number of anilines is 2. The third-order valence-corrected chi connectivity index (χ3v) is 6.76. The fourth-order valence-corrected chi connectivity index (χ4v) is 4.82. The van der Waals surface area contributed by atoms with Crippen molar-refractivity contribution in [1.82, 2.24) is 14.8 Å². The Morgan fingerprint density at radius 3 is 2.60 bits per heavy atom. The molecule has 186 valence electrons. The van der Waals surface area contributed by atoms with Crippen LogP contribution >= 0.6 is 8.38 Å². The number of piperidine rings is 1. The van der Waals surface area contributed by atoms with Crippen molar-refractivity contribution in [2.75, 3.05) is 36.6 Å². The summed E-state index contributed by atoms with van der Waals surface area (Å²) < 4.78 is 6.44. The maximum atomic E-state index is 13.4. The molecule has 11 nitrogen and oxygen atoms in total. The number of aromatic hydroxyl groups is 1. The van der Waals surface area contributed by atoms with Crippen LogP contribution in [-0.4, -0.2) is 61.9 Å². The molecule has 0 spiro atoms. The topological polar surface area (TPSA) is 150 Å². The van der Waals surface area contributed by atoms with Gasteiger partial charge in [-0.15, -0.1) is 0 Å². The molecule has 0 aliphatic carbocycles. The third-order valence-electron chi connectivity index (χ3n) is 6.10. The molecule has 0 saturated carbocycles. The van der Waals surface area contributed by atoms with E-state index in [-0.39, 0.29) is 12.3 Å². The first-order valence-corrected chi connectivity index (χ1v) is 12.7. The predicted molar refractivity (Wildman–Crippen MR) is 133 cm³/mol. The van der Waals surface area contributed by atoms with Crippen molar-refractivity contribution in [1.29, 1.82) is 0 Å². The summed E-state index contributed by atoms with van der Waals surface area (Å²) in [5.41, 5.74) is 0.0633. The molecule has 0 radical (unpaired) electrons. The highest BCUT2D eigenvalue weighted by Crippen LogP contribution is 2.33. The van der Waals surface area contributed by atoms with Crippen molar-refractivity contribution in [2.24, 2.45) is 5.92 Å². The number of carbonyl (C=O) groups excluding carboxylic acids is 1. The SMILES string of the molecule is COc1cc2cnn(CC(=O)Nc3ccc(O)cc3)c(=O)c2c(N2CCC(CCP(O)O)CC2)n1. The van der Waals surface area contributed by atoms with Crippen molar-refractivity contribution >= 4 is 36.6 Å². The summed E-state index contributed by atoms with van der Waals surface area (Å²) in [5, 5.41) is 17.2. The van der Waals surface area contributed by atoms with E-state index < -0.39 is 19.8 Å². The average molecular weight is 501 g/mol. The second kappa shape index (κ2) is 11.0. The highest BCUT2D eigenvalue weighted by molar-refractivity contribution is 7.45. The number of hydrogen-bond acceptors (Lipinski definition) is 9. The number of fused-ring (bicyclic) bond motifs is 1. The van der Waals surface area contributed by atoms with Crippen LogP contribution in [0, 0.1) is 5.92 Å². The van der Waals surface area contributed by atoms with E-state index in [4.69, 9.17) is 4.74 Å². The smallest absolute Gasteiger partial charge is 0.278 e. The van der Waals surface area contributed by atoms with Crippen LogP contribution < -0.4 is 20.5 Å². The Labute approximate surface area is 202 Å². The summed E-state index contributed by atoms with van der Waals surface area (Å²) in [4.78, 5) is 50.9. The Bertz CT molecular complexity index is 1240. The zero-order chi connectivity index (χ0) is 24.9. The quantitative estimate of drug-likeness (QED) is 0.269. The fraction of sp³-hybridized carbons (Fsp3) is 0.391. The molecule has 12 heteroatoms. The van der Waals surface area contributed by atoms with Gasteiger partial charge in [-0.25, -0.2) is 4.68 Å². The summed E-state index contributed by atoms with van der Waals surface area (Å²) in [6, 6.07) is 7.68. The van der Waals surface area contributed by atoms with Gasteiger partial charge in [0.25, 0.3) is 5.56 Å². The molecule has 35 heavy (non-hydrogen) atoms. The molecule has 1 aliphatic heterocycles. The molecule has 3 heterocycles. The van der Waals surface area contributed by atoms with Gasteiger partial charge in [0.2, 0.25) is 11.8 Å². The number of methoxy groups -OCH3 is 1. The maximum Gasteiger partial charge on any atom is 0.278 e. The van der Waals surface area contributed by atoms with Gasteiger partial charge >= 0.3 is 0 Å². The maximum absolute atomic E-state index is 13.4. The van der Waals surface area contributed by atoms with Crippen LogP contribution in [-0.2, 0) is 11.3 Å². The van der Waals surface area contributed by atoms with E-state index in [1.807, 2.05) is 4.90 Å². The minimum Gasteiger partial charge on any atom is -0.508 e. The number of hydrogen-bond donors (Lipinski definition) is 4. The van der Waals surface area contributed by atoms with E-state index in [0.29, 0.717) is 53.3 Å². The van der Waals surface area contributed by atoms with Crippen LogP contribution in [0.1, 0.15) is 19.3 Å². The van der Waals surface area contributed by atoms with Gasteiger partial charge in [0.1, 0.15) is 18.1 Å². The number of phenols is 1. The van der Waals surface area contributed by atoms with Gasteiger partial charge < -0.3 is 29.8 Å². The number of nitrogens with zero attached hydrogens (tertiary/aromatic N) is 4. The Morgan fingerprint density at radius 2 is 1.94 bits per heavy atom. The van der Waals surface area contributed by atoms with Gasteiger partial charge in [-0.05, 0) is 49.4 Å². The van der Waals surface area contributed by atoms with Crippen LogP contribution in [0.25, 0.3) is 10.8 Å². The average Bonchev–Trinajstić information content (AvgIpc) is 2.85. The number of phenolic OH excluding ortho intramolecular Hbond substituents is 1. The minimum absolute atomic E-state index is 0.0850. The van der Waals surface area contributed by atoms with Gasteiger partial charge in [-0.2, -0.15) is 10.1 Å². The molecule has 4 rings (SSSR count). The number of pyridine rings is 1. The van der Waals surface area contributed by atoms with Crippen molar-refractivity contribution in [2.45, 2.75) is 25.8 Å². The zero-order valence-corrected chi connectivity index (χ0v) is 20.2. The lowest BCUT2D eigenvalue weighted by atomic mass is 9.94. The lowest BCUT2D eigenvalue weighted by molar-refractivity contribution is -0.117. The van der Waals surface area contributed by atoms with E-state index in [2.05, 4.69) is 15.4 Å². The molecule has 3 aromatic rings. The summed E-state index contributed by atoms with van der Waals surface area (Å²) in [6.45, 7) is 1.05. The number of ether oxygens (including phenoxy) is 1. The number of aromatic nitrogens is 3. The summed E-state index contributed by atoms with van der Waals surface area (Å²) in [6.07, 6.45) is 4.38. The highest BCUT2D eigenvalue weighted by atomic mass is 31.2. The van der Waals surface area contributed by atoms with Crippen LogP contribution in [0.5, 0.6) is 11.6 Å². The van der Waals surface area contributed by atoms with Gasteiger partial charge in [-0.3, -0.25) is 9.59 Å². The van der Waals surface area contributed by atoms with E-state index in [9.17, 15) is 24.5 Å². The monoisotopic (exact) mass is 501 g/mol. The number of carbonyl (C=O) groups is 1. The van der Waals surface area contributed by atoms with Crippen molar-refractivity contribution in [3.05, 3.63) is 46.9 Å². The predicted octanol–water partition coefficient (Wildman–Crippen LogP) is 2.05. The number of amides is 1. The molecule has 0 atom stereocenters. The third kappa shape index (κ3) is 6.05. The van der Waals surface area contributed by atoms with Crippen LogP contribution in [0.4, 0.5) is 11.5 Å². The van der Waals surface area contributed by atoms with Gasteiger partial charge in [0.15, 0.2) is 8.38 Å². The van der Waals surface area contributed by atoms with Gasteiger partial charge in [0, 0.05) is 36.4 Å². The Morgan fingerprint density at radius 1 is 1.23 bits per heavy atom. The van der Waals surface area contributed by atoms with Gasteiger partial charge in [0.05, 0.1) is 18.7 Å².